The van der Waals surface area contributed by atoms with E-state index < -0.39 is 0 Å². The molecule has 0 aliphatic carbocycles. The van der Waals surface area contributed by atoms with Crippen molar-refractivity contribution in [3.05, 3.63) is 16.1 Å². The topological polar surface area (TPSA) is 37.4 Å². The van der Waals surface area contributed by atoms with Crippen molar-refractivity contribution in [1.29, 1.82) is 0 Å². The highest BCUT2D eigenvalue weighted by Gasteiger charge is 2.29. The maximum absolute atomic E-state index is 6.02. The van der Waals surface area contributed by atoms with Gasteiger partial charge in [0.2, 0.25) is 0 Å². The van der Waals surface area contributed by atoms with Crippen LogP contribution in [0.5, 0.6) is 0 Å². The zero-order valence-electron chi connectivity index (χ0n) is 13.1. The molecular weight excluding hydrogens is 270 g/mol. The van der Waals surface area contributed by atoms with Crippen molar-refractivity contribution < 1.29 is 4.74 Å². The summed E-state index contributed by atoms with van der Waals surface area (Å²) in [7, 11) is 0. The highest BCUT2D eigenvalue weighted by atomic mass is 32.1. The Balaban J connectivity index is 1.99. The van der Waals surface area contributed by atoms with Gasteiger partial charge >= 0.3 is 0 Å². The van der Waals surface area contributed by atoms with E-state index in [9.17, 15) is 0 Å². The SMILES string of the molecule is CCNC(Cc1nc(C)cs1)C1CN(C(C)C)CCO1. The van der Waals surface area contributed by atoms with E-state index in [4.69, 9.17) is 4.74 Å². The molecule has 2 atom stereocenters. The summed E-state index contributed by atoms with van der Waals surface area (Å²) in [6, 6.07) is 0.942. The molecule has 0 amide bonds. The van der Waals surface area contributed by atoms with E-state index in [1.807, 2.05) is 0 Å². The lowest BCUT2D eigenvalue weighted by Gasteiger charge is -2.39. The lowest BCUT2D eigenvalue weighted by molar-refractivity contribution is -0.0550. The van der Waals surface area contributed by atoms with Gasteiger partial charge in [-0.3, -0.25) is 4.90 Å². The molecule has 1 aromatic rings. The number of nitrogens with one attached hydrogen (secondary N) is 1. The van der Waals surface area contributed by atoms with Gasteiger partial charge in [-0.1, -0.05) is 6.92 Å². The van der Waals surface area contributed by atoms with E-state index in [1.54, 1.807) is 11.3 Å². The fraction of sp³-hybridized carbons (Fsp3) is 0.800. The molecule has 0 spiro atoms. The van der Waals surface area contributed by atoms with Gasteiger partial charge in [-0.25, -0.2) is 4.98 Å². The third-order valence-corrected chi connectivity index (χ3v) is 4.82. The van der Waals surface area contributed by atoms with Crippen LogP contribution < -0.4 is 5.32 Å². The van der Waals surface area contributed by atoms with E-state index >= 15 is 0 Å². The minimum absolute atomic E-state index is 0.260. The fourth-order valence-corrected chi connectivity index (χ4v) is 3.52. The minimum Gasteiger partial charge on any atom is -0.374 e. The molecule has 2 heterocycles. The van der Waals surface area contributed by atoms with Crippen molar-refractivity contribution in [3.63, 3.8) is 0 Å². The number of aromatic nitrogens is 1. The zero-order valence-corrected chi connectivity index (χ0v) is 13.9. The molecule has 20 heavy (non-hydrogen) atoms. The summed E-state index contributed by atoms with van der Waals surface area (Å²) in [5, 5.41) is 6.92. The average Bonchev–Trinajstić information content (AvgIpc) is 2.84. The lowest BCUT2D eigenvalue weighted by Crippen LogP contribution is -2.54. The Hall–Kier alpha value is -0.490. The summed E-state index contributed by atoms with van der Waals surface area (Å²) >= 11 is 1.75. The van der Waals surface area contributed by atoms with Gasteiger partial charge in [0, 0.05) is 42.7 Å². The van der Waals surface area contributed by atoms with Crippen molar-refractivity contribution in [2.24, 2.45) is 0 Å². The number of hydrogen-bond acceptors (Lipinski definition) is 5. The van der Waals surface area contributed by atoms with Crippen LogP contribution in [-0.2, 0) is 11.2 Å². The van der Waals surface area contributed by atoms with E-state index in [-0.39, 0.29) is 6.10 Å². The van der Waals surface area contributed by atoms with Crippen molar-refractivity contribution in [2.75, 3.05) is 26.2 Å². The standard InChI is InChI=1S/C15H27N3OS/c1-5-16-13(8-15-17-12(4)10-20-15)14-9-18(11(2)3)6-7-19-14/h10-11,13-14,16H,5-9H2,1-4H3. The molecule has 1 fully saturated rings. The number of morpholine rings is 1. The highest BCUT2D eigenvalue weighted by molar-refractivity contribution is 7.09. The van der Waals surface area contributed by atoms with Gasteiger partial charge in [0.25, 0.3) is 0 Å². The number of likely N-dealkylation sites (N-methyl/N-ethyl adjacent to an activating group) is 1. The number of nitrogens with zero attached hydrogens (tertiary/aromatic N) is 2. The lowest BCUT2D eigenvalue weighted by atomic mass is 10.0. The monoisotopic (exact) mass is 297 g/mol. The predicted molar refractivity (Wildman–Crippen MR) is 84.5 cm³/mol. The third-order valence-electron chi connectivity index (χ3n) is 3.83. The third kappa shape index (κ3) is 4.25. The van der Waals surface area contributed by atoms with Gasteiger partial charge < -0.3 is 10.1 Å². The van der Waals surface area contributed by atoms with E-state index in [0.29, 0.717) is 12.1 Å². The van der Waals surface area contributed by atoms with Crippen LogP contribution in [0.4, 0.5) is 0 Å². The van der Waals surface area contributed by atoms with Crippen LogP contribution in [-0.4, -0.2) is 54.3 Å². The fourth-order valence-electron chi connectivity index (χ4n) is 2.69. The van der Waals surface area contributed by atoms with Gasteiger partial charge in [0.1, 0.15) is 0 Å². The molecule has 1 saturated heterocycles. The molecule has 0 radical (unpaired) electrons. The summed E-state index contributed by atoms with van der Waals surface area (Å²) in [6.07, 6.45) is 1.22. The normalized spacial score (nSPS) is 22.4. The second kappa shape index (κ2) is 7.50. The summed E-state index contributed by atoms with van der Waals surface area (Å²) in [5.41, 5.74) is 1.12. The molecule has 2 unspecified atom stereocenters. The molecule has 4 nitrogen and oxygen atoms in total. The van der Waals surface area contributed by atoms with Crippen molar-refractivity contribution >= 4 is 11.3 Å². The first kappa shape index (κ1) is 15.9. The number of aryl methyl sites for hydroxylation is 1. The van der Waals surface area contributed by atoms with Crippen LogP contribution in [0.1, 0.15) is 31.5 Å². The summed E-state index contributed by atoms with van der Waals surface area (Å²) < 4.78 is 6.02. The largest absolute Gasteiger partial charge is 0.374 e. The molecular formula is C15H27N3OS. The average molecular weight is 297 g/mol. The van der Waals surface area contributed by atoms with E-state index in [0.717, 1.165) is 38.4 Å². The molecule has 114 valence electrons. The van der Waals surface area contributed by atoms with Crippen LogP contribution in [0.3, 0.4) is 0 Å². The Bertz CT molecular complexity index is 408. The Morgan fingerprint density at radius 3 is 2.95 bits per heavy atom. The summed E-state index contributed by atoms with van der Waals surface area (Å²) in [4.78, 5) is 7.10. The van der Waals surface area contributed by atoms with Crippen molar-refractivity contribution in [1.82, 2.24) is 15.2 Å². The van der Waals surface area contributed by atoms with Crippen LogP contribution in [0, 0.1) is 6.92 Å². The summed E-state index contributed by atoms with van der Waals surface area (Å²) in [6.45, 7) is 12.6. The molecule has 5 heteroatoms. The van der Waals surface area contributed by atoms with Crippen LogP contribution in [0.15, 0.2) is 5.38 Å². The highest BCUT2D eigenvalue weighted by Crippen LogP contribution is 2.17. The van der Waals surface area contributed by atoms with Gasteiger partial charge in [0.15, 0.2) is 0 Å². The van der Waals surface area contributed by atoms with Crippen molar-refractivity contribution in [3.8, 4) is 0 Å². The summed E-state index contributed by atoms with van der Waals surface area (Å²) in [5.74, 6) is 0. The quantitative estimate of drug-likeness (QED) is 0.872. The second-order valence-electron chi connectivity index (χ2n) is 5.75. The number of thiazole rings is 1. The second-order valence-corrected chi connectivity index (χ2v) is 6.69. The Labute approximate surface area is 126 Å². The predicted octanol–water partition coefficient (Wildman–Crippen LogP) is 2.08. The molecule has 0 aromatic carbocycles. The smallest absolute Gasteiger partial charge is 0.0944 e. The Kier molecular flexibility index (Phi) is 5.96. The molecule has 2 rings (SSSR count). The molecule has 0 bridgehead atoms. The van der Waals surface area contributed by atoms with Gasteiger partial charge in [-0.2, -0.15) is 0 Å². The Morgan fingerprint density at radius 2 is 2.35 bits per heavy atom. The van der Waals surface area contributed by atoms with Gasteiger partial charge in [-0.15, -0.1) is 11.3 Å². The molecule has 0 saturated carbocycles. The molecule has 1 N–H and O–H groups in total. The first-order valence-corrected chi connectivity index (χ1v) is 8.48. The van der Waals surface area contributed by atoms with E-state index in [1.165, 1.54) is 5.01 Å². The zero-order chi connectivity index (χ0) is 14.5. The molecule has 1 aliphatic rings. The number of hydrogen-bond donors (Lipinski definition) is 1. The number of ether oxygens (including phenoxy) is 1. The number of rotatable bonds is 6. The first-order chi connectivity index (χ1) is 9.60. The van der Waals surface area contributed by atoms with Crippen molar-refractivity contribution in [2.45, 2.75) is 52.3 Å². The van der Waals surface area contributed by atoms with Gasteiger partial charge in [0.05, 0.1) is 17.7 Å². The van der Waals surface area contributed by atoms with Crippen LogP contribution in [0.25, 0.3) is 0 Å². The minimum atomic E-state index is 0.260. The van der Waals surface area contributed by atoms with Gasteiger partial charge in [-0.05, 0) is 27.3 Å². The maximum atomic E-state index is 6.02. The van der Waals surface area contributed by atoms with Crippen LogP contribution in [0.2, 0.25) is 0 Å². The maximum Gasteiger partial charge on any atom is 0.0944 e. The Morgan fingerprint density at radius 1 is 1.55 bits per heavy atom. The molecule has 1 aliphatic heterocycles. The van der Waals surface area contributed by atoms with E-state index in [2.05, 4.69) is 48.3 Å². The first-order valence-electron chi connectivity index (χ1n) is 7.60. The molecule has 1 aromatic heterocycles. The van der Waals surface area contributed by atoms with Crippen LogP contribution >= 0.6 is 11.3 Å².